The van der Waals surface area contributed by atoms with Crippen LogP contribution in [0.2, 0.25) is 0 Å². The molecule has 1 N–H and O–H groups in total. The molecule has 1 aromatic heterocycles. The largest absolute Gasteiger partial charge is 0.492 e. The van der Waals surface area contributed by atoms with Crippen LogP contribution in [0.25, 0.3) is 0 Å². The number of carbonyl (C=O) groups is 1. The van der Waals surface area contributed by atoms with Crippen molar-refractivity contribution in [2.24, 2.45) is 5.92 Å². The van der Waals surface area contributed by atoms with Crippen molar-refractivity contribution in [3.63, 3.8) is 0 Å². The SMILES string of the molecule is C[C@H](C1CC1)N(Cc1ccccc1)C(=O)Nc1cccc(OCCn2cccn2)c1. The van der Waals surface area contributed by atoms with Gasteiger partial charge in [0, 0.05) is 36.7 Å². The van der Waals surface area contributed by atoms with Crippen molar-refractivity contribution in [1.29, 1.82) is 0 Å². The quantitative estimate of drug-likeness (QED) is 0.558. The predicted octanol–water partition coefficient (Wildman–Crippen LogP) is 4.79. The van der Waals surface area contributed by atoms with Crippen molar-refractivity contribution < 1.29 is 9.53 Å². The molecular formula is C24H28N4O2. The van der Waals surface area contributed by atoms with Crippen LogP contribution >= 0.6 is 0 Å². The number of rotatable bonds is 9. The van der Waals surface area contributed by atoms with Gasteiger partial charge in [-0.25, -0.2) is 4.79 Å². The van der Waals surface area contributed by atoms with Crippen LogP contribution in [-0.4, -0.2) is 33.4 Å². The van der Waals surface area contributed by atoms with Gasteiger partial charge in [0.15, 0.2) is 0 Å². The summed E-state index contributed by atoms with van der Waals surface area (Å²) in [5, 5.41) is 7.23. The summed E-state index contributed by atoms with van der Waals surface area (Å²) in [6.07, 6.45) is 6.04. The van der Waals surface area contributed by atoms with Crippen molar-refractivity contribution in [3.8, 4) is 5.75 Å². The molecule has 1 fully saturated rings. The fraction of sp³-hybridized carbons (Fsp3) is 0.333. The van der Waals surface area contributed by atoms with Crippen LogP contribution in [0.5, 0.6) is 5.75 Å². The van der Waals surface area contributed by atoms with Crippen LogP contribution in [0.15, 0.2) is 73.1 Å². The number of aromatic nitrogens is 2. The molecule has 1 aliphatic rings. The molecule has 1 atom stereocenters. The molecule has 3 aromatic rings. The first-order valence-corrected chi connectivity index (χ1v) is 10.5. The number of carbonyl (C=O) groups excluding carboxylic acids is 1. The third-order valence-electron chi connectivity index (χ3n) is 5.49. The summed E-state index contributed by atoms with van der Waals surface area (Å²) in [7, 11) is 0. The third-order valence-corrected chi connectivity index (χ3v) is 5.49. The van der Waals surface area contributed by atoms with Crippen molar-refractivity contribution in [1.82, 2.24) is 14.7 Å². The van der Waals surface area contributed by atoms with Gasteiger partial charge in [-0.2, -0.15) is 5.10 Å². The first-order valence-electron chi connectivity index (χ1n) is 10.5. The van der Waals surface area contributed by atoms with E-state index >= 15 is 0 Å². The van der Waals surface area contributed by atoms with Crippen LogP contribution < -0.4 is 10.1 Å². The minimum Gasteiger partial charge on any atom is -0.492 e. The molecule has 6 nitrogen and oxygen atoms in total. The molecule has 0 unspecified atom stereocenters. The van der Waals surface area contributed by atoms with E-state index in [0.717, 1.165) is 17.0 Å². The van der Waals surface area contributed by atoms with Gasteiger partial charge in [0.05, 0.1) is 6.54 Å². The minimum absolute atomic E-state index is 0.0769. The summed E-state index contributed by atoms with van der Waals surface area (Å²) >= 11 is 0. The number of hydrogen-bond acceptors (Lipinski definition) is 3. The molecule has 2 amide bonds. The second-order valence-corrected chi connectivity index (χ2v) is 7.77. The smallest absolute Gasteiger partial charge is 0.322 e. The minimum atomic E-state index is -0.0769. The number of ether oxygens (including phenoxy) is 1. The fourth-order valence-electron chi connectivity index (χ4n) is 3.56. The number of anilines is 1. The molecular weight excluding hydrogens is 376 g/mol. The lowest BCUT2D eigenvalue weighted by molar-refractivity contribution is 0.181. The topological polar surface area (TPSA) is 59.4 Å². The van der Waals surface area contributed by atoms with E-state index in [4.69, 9.17) is 4.74 Å². The van der Waals surface area contributed by atoms with Crippen molar-refractivity contribution in [2.45, 2.75) is 38.9 Å². The zero-order chi connectivity index (χ0) is 20.8. The normalized spacial score (nSPS) is 14.2. The average Bonchev–Trinajstić information content (AvgIpc) is 3.49. The zero-order valence-electron chi connectivity index (χ0n) is 17.3. The number of urea groups is 1. The Kier molecular flexibility index (Phi) is 6.32. The van der Waals surface area contributed by atoms with E-state index in [1.165, 1.54) is 12.8 Å². The average molecular weight is 405 g/mol. The van der Waals surface area contributed by atoms with Gasteiger partial charge < -0.3 is 15.0 Å². The molecule has 4 rings (SSSR count). The van der Waals surface area contributed by atoms with Gasteiger partial charge in [-0.15, -0.1) is 0 Å². The van der Waals surface area contributed by atoms with E-state index < -0.39 is 0 Å². The number of amides is 2. The molecule has 2 aromatic carbocycles. The Bertz CT molecular complexity index is 939. The van der Waals surface area contributed by atoms with E-state index in [2.05, 4.69) is 29.5 Å². The summed E-state index contributed by atoms with van der Waals surface area (Å²) in [5.74, 6) is 1.32. The molecule has 30 heavy (non-hydrogen) atoms. The Balaban J connectivity index is 1.38. The zero-order valence-corrected chi connectivity index (χ0v) is 17.3. The molecule has 1 saturated carbocycles. The molecule has 0 radical (unpaired) electrons. The van der Waals surface area contributed by atoms with Gasteiger partial charge in [-0.1, -0.05) is 36.4 Å². The molecule has 6 heteroatoms. The Morgan fingerprint density at radius 2 is 2.03 bits per heavy atom. The second kappa shape index (κ2) is 9.48. The number of hydrogen-bond donors (Lipinski definition) is 1. The van der Waals surface area contributed by atoms with E-state index in [1.54, 1.807) is 6.20 Å². The maximum atomic E-state index is 13.1. The predicted molar refractivity (Wildman–Crippen MR) is 117 cm³/mol. The summed E-state index contributed by atoms with van der Waals surface area (Å²) in [4.78, 5) is 15.1. The van der Waals surface area contributed by atoms with Crippen LogP contribution in [0.4, 0.5) is 10.5 Å². The molecule has 1 heterocycles. The first kappa shape index (κ1) is 20.0. The van der Waals surface area contributed by atoms with Gasteiger partial charge in [0.2, 0.25) is 0 Å². The summed E-state index contributed by atoms with van der Waals surface area (Å²) in [5.41, 5.74) is 1.87. The molecule has 0 spiro atoms. The Morgan fingerprint density at radius 3 is 2.77 bits per heavy atom. The van der Waals surface area contributed by atoms with Crippen LogP contribution in [0.3, 0.4) is 0 Å². The summed E-state index contributed by atoms with van der Waals surface area (Å²) in [6.45, 7) is 3.94. The lowest BCUT2D eigenvalue weighted by atomic mass is 10.1. The number of benzene rings is 2. The van der Waals surface area contributed by atoms with E-state index in [-0.39, 0.29) is 12.1 Å². The van der Waals surface area contributed by atoms with Crippen molar-refractivity contribution in [2.75, 3.05) is 11.9 Å². The molecule has 0 bridgehead atoms. The maximum absolute atomic E-state index is 13.1. The van der Waals surface area contributed by atoms with Crippen molar-refractivity contribution in [3.05, 3.63) is 78.6 Å². The highest BCUT2D eigenvalue weighted by Gasteiger charge is 2.34. The number of nitrogens with one attached hydrogen (secondary N) is 1. The molecule has 0 saturated heterocycles. The fourth-order valence-corrected chi connectivity index (χ4v) is 3.56. The van der Waals surface area contributed by atoms with Gasteiger partial charge in [-0.3, -0.25) is 4.68 Å². The lowest BCUT2D eigenvalue weighted by Crippen LogP contribution is -2.42. The highest BCUT2D eigenvalue weighted by Crippen LogP contribution is 2.36. The highest BCUT2D eigenvalue weighted by molar-refractivity contribution is 5.89. The Hall–Kier alpha value is -3.28. The van der Waals surface area contributed by atoms with Crippen molar-refractivity contribution >= 4 is 11.7 Å². The molecule has 0 aliphatic heterocycles. The highest BCUT2D eigenvalue weighted by atomic mass is 16.5. The molecule has 156 valence electrons. The summed E-state index contributed by atoms with van der Waals surface area (Å²) < 4.78 is 7.65. The monoisotopic (exact) mass is 404 g/mol. The summed E-state index contributed by atoms with van der Waals surface area (Å²) in [6, 6.07) is 19.7. The van der Waals surface area contributed by atoms with Gasteiger partial charge in [0.1, 0.15) is 12.4 Å². The maximum Gasteiger partial charge on any atom is 0.322 e. The van der Waals surface area contributed by atoms with Gasteiger partial charge in [-0.05, 0) is 49.4 Å². The van der Waals surface area contributed by atoms with Gasteiger partial charge >= 0.3 is 6.03 Å². The second-order valence-electron chi connectivity index (χ2n) is 7.77. The van der Waals surface area contributed by atoms with Crippen LogP contribution in [0, 0.1) is 5.92 Å². The van der Waals surface area contributed by atoms with Gasteiger partial charge in [0.25, 0.3) is 0 Å². The number of nitrogens with zero attached hydrogens (tertiary/aromatic N) is 3. The first-order chi connectivity index (χ1) is 14.7. The Morgan fingerprint density at radius 1 is 1.20 bits per heavy atom. The molecule has 1 aliphatic carbocycles. The Labute approximate surface area is 177 Å². The van der Waals surface area contributed by atoms with E-state index in [0.29, 0.717) is 25.6 Å². The van der Waals surface area contributed by atoms with Crippen LogP contribution in [-0.2, 0) is 13.1 Å². The lowest BCUT2D eigenvalue weighted by Gasteiger charge is -2.30. The third kappa shape index (κ3) is 5.41. The van der Waals surface area contributed by atoms with E-state index in [1.807, 2.05) is 64.3 Å². The van der Waals surface area contributed by atoms with Crippen LogP contribution in [0.1, 0.15) is 25.3 Å². The standard InChI is InChI=1S/C24H28N4O2/c1-19(21-11-12-21)28(18-20-7-3-2-4-8-20)24(29)26-22-9-5-10-23(17-22)30-16-15-27-14-6-13-25-27/h2-10,13-14,17,19,21H,11-12,15-16,18H2,1H3,(H,26,29)/t19-/m1/s1. The van der Waals surface area contributed by atoms with E-state index in [9.17, 15) is 4.79 Å².